The van der Waals surface area contributed by atoms with E-state index in [1.54, 1.807) is 6.07 Å². The summed E-state index contributed by atoms with van der Waals surface area (Å²) in [6.45, 7) is 0.193. The van der Waals surface area contributed by atoms with Gasteiger partial charge in [0.05, 0.1) is 31.2 Å². The van der Waals surface area contributed by atoms with E-state index < -0.39 is 0 Å². The van der Waals surface area contributed by atoms with Gasteiger partial charge in [-0.05, 0) is 34.7 Å². The summed E-state index contributed by atoms with van der Waals surface area (Å²) >= 11 is 8.03. The Morgan fingerprint density at radius 1 is 1.37 bits per heavy atom. The first kappa shape index (κ1) is 16.0. The lowest BCUT2D eigenvalue weighted by Crippen LogP contribution is -2.26. The van der Waals surface area contributed by atoms with E-state index in [0.717, 1.165) is 3.57 Å². The molecule has 0 radical (unpaired) electrons. The minimum Gasteiger partial charge on any atom is -0.496 e. The van der Waals surface area contributed by atoms with Gasteiger partial charge in [-0.3, -0.25) is 9.59 Å². The van der Waals surface area contributed by atoms with Crippen molar-refractivity contribution in [2.75, 3.05) is 20.8 Å². The third-order valence-corrected chi connectivity index (χ3v) is 3.85. The lowest BCUT2D eigenvalue weighted by molar-refractivity contribution is -0.140. The molecule has 0 spiro atoms. The van der Waals surface area contributed by atoms with Crippen molar-refractivity contribution in [1.29, 1.82) is 0 Å². The Morgan fingerprint density at radius 2 is 2.05 bits per heavy atom. The Kier molecular flexibility index (Phi) is 6.36. The third-order valence-electron chi connectivity index (χ3n) is 2.33. The van der Waals surface area contributed by atoms with Gasteiger partial charge in [0.1, 0.15) is 5.75 Å². The summed E-state index contributed by atoms with van der Waals surface area (Å²) in [5, 5.41) is 3.08. The van der Waals surface area contributed by atoms with Crippen LogP contribution in [0.15, 0.2) is 12.1 Å². The molecule has 1 amide bonds. The van der Waals surface area contributed by atoms with E-state index in [-0.39, 0.29) is 24.8 Å². The van der Waals surface area contributed by atoms with Crippen LogP contribution in [0.4, 0.5) is 0 Å². The number of benzene rings is 1. The van der Waals surface area contributed by atoms with Gasteiger partial charge in [0.25, 0.3) is 5.91 Å². The maximum atomic E-state index is 12.0. The molecule has 0 saturated carbocycles. The molecule has 0 heterocycles. The molecule has 104 valence electrons. The van der Waals surface area contributed by atoms with Crippen molar-refractivity contribution in [1.82, 2.24) is 5.32 Å². The number of carbonyl (C=O) groups is 2. The van der Waals surface area contributed by atoms with Gasteiger partial charge in [0, 0.05) is 10.1 Å². The molecule has 7 heteroatoms. The van der Waals surface area contributed by atoms with Crippen molar-refractivity contribution >= 4 is 46.1 Å². The summed E-state index contributed by atoms with van der Waals surface area (Å²) in [5.41, 5.74) is 0.331. The monoisotopic (exact) mass is 397 g/mol. The maximum Gasteiger partial charge on any atom is 0.307 e. The largest absolute Gasteiger partial charge is 0.496 e. The highest BCUT2D eigenvalue weighted by Gasteiger charge is 2.15. The number of methoxy groups -OCH3 is 2. The van der Waals surface area contributed by atoms with Crippen LogP contribution >= 0.6 is 34.2 Å². The normalized spacial score (nSPS) is 9.89. The van der Waals surface area contributed by atoms with E-state index in [4.69, 9.17) is 16.3 Å². The van der Waals surface area contributed by atoms with Gasteiger partial charge < -0.3 is 14.8 Å². The molecule has 1 aromatic rings. The Morgan fingerprint density at radius 3 is 2.63 bits per heavy atom. The van der Waals surface area contributed by atoms with Crippen LogP contribution in [0.5, 0.6) is 5.75 Å². The Balaban J connectivity index is 2.76. The SMILES string of the molecule is COC(=O)CCNC(=O)c1cc(Cl)c(I)cc1OC. The van der Waals surface area contributed by atoms with Gasteiger partial charge in [-0.2, -0.15) is 0 Å². The average Bonchev–Trinajstić information content (AvgIpc) is 2.40. The quantitative estimate of drug-likeness (QED) is 0.611. The predicted octanol–water partition coefficient (Wildman–Crippen LogP) is 2.25. The fourth-order valence-electron chi connectivity index (χ4n) is 1.35. The molecular formula is C12H13ClINO4. The molecule has 1 N–H and O–H groups in total. The van der Waals surface area contributed by atoms with Crippen molar-refractivity contribution in [3.63, 3.8) is 0 Å². The molecule has 0 fully saturated rings. The summed E-state index contributed by atoms with van der Waals surface area (Å²) < 4.78 is 10.4. The van der Waals surface area contributed by atoms with E-state index >= 15 is 0 Å². The van der Waals surface area contributed by atoms with Crippen molar-refractivity contribution < 1.29 is 19.1 Å². The first-order valence-corrected chi connectivity index (χ1v) is 6.83. The molecule has 0 unspecified atom stereocenters. The van der Waals surface area contributed by atoms with Crippen LogP contribution in [0.25, 0.3) is 0 Å². The minimum absolute atomic E-state index is 0.114. The van der Waals surface area contributed by atoms with Crippen LogP contribution in [0.3, 0.4) is 0 Å². The standard InChI is InChI=1S/C12H13ClINO4/c1-18-10-6-9(14)8(13)5-7(10)12(17)15-4-3-11(16)19-2/h5-6H,3-4H2,1-2H3,(H,15,17). The molecule has 0 saturated heterocycles. The van der Waals surface area contributed by atoms with Crippen LogP contribution in [-0.2, 0) is 9.53 Å². The molecule has 0 bridgehead atoms. The number of hydrogen-bond acceptors (Lipinski definition) is 4. The highest BCUT2D eigenvalue weighted by atomic mass is 127. The molecule has 1 aromatic carbocycles. The molecule has 0 atom stereocenters. The zero-order chi connectivity index (χ0) is 14.4. The lowest BCUT2D eigenvalue weighted by atomic mass is 10.2. The molecule has 0 aliphatic heterocycles. The van der Waals surface area contributed by atoms with Crippen LogP contribution in [0.1, 0.15) is 16.8 Å². The first-order chi connectivity index (χ1) is 8.99. The second kappa shape index (κ2) is 7.54. The molecule has 0 aromatic heterocycles. The van der Waals surface area contributed by atoms with Crippen molar-refractivity contribution in [3.05, 3.63) is 26.3 Å². The van der Waals surface area contributed by atoms with Crippen molar-refractivity contribution in [2.24, 2.45) is 0 Å². The van der Waals surface area contributed by atoms with Gasteiger partial charge in [-0.15, -0.1) is 0 Å². The predicted molar refractivity (Wildman–Crippen MR) is 79.7 cm³/mol. The number of halogens is 2. The second-order valence-electron chi connectivity index (χ2n) is 3.55. The maximum absolute atomic E-state index is 12.0. The minimum atomic E-state index is -0.382. The lowest BCUT2D eigenvalue weighted by Gasteiger charge is -2.10. The Labute approximate surface area is 129 Å². The van der Waals surface area contributed by atoms with Crippen LogP contribution < -0.4 is 10.1 Å². The van der Waals surface area contributed by atoms with Gasteiger partial charge in [0.15, 0.2) is 0 Å². The van der Waals surface area contributed by atoms with E-state index in [9.17, 15) is 9.59 Å². The smallest absolute Gasteiger partial charge is 0.307 e. The summed E-state index contributed by atoms with van der Waals surface area (Å²) in [4.78, 5) is 22.9. The van der Waals surface area contributed by atoms with E-state index in [0.29, 0.717) is 16.3 Å². The number of hydrogen-bond donors (Lipinski definition) is 1. The number of ether oxygens (including phenoxy) is 2. The third kappa shape index (κ3) is 4.54. The first-order valence-electron chi connectivity index (χ1n) is 5.37. The zero-order valence-corrected chi connectivity index (χ0v) is 13.4. The molecular weight excluding hydrogens is 384 g/mol. The Bertz CT molecular complexity index is 493. The van der Waals surface area contributed by atoms with Crippen molar-refractivity contribution in [3.8, 4) is 5.75 Å². The zero-order valence-electron chi connectivity index (χ0n) is 10.5. The fourth-order valence-corrected chi connectivity index (χ4v) is 1.95. The average molecular weight is 398 g/mol. The van der Waals surface area contributed by atoms with E-state index in [1.807, 2.05) is 0 Å². The molecule has 1 rings (SSSR count). The van der Waals surface area contributed by atoms with Gasteiger partial charge in [0.2, 0.25) is 0 Å². The number of esters is 1. The number of nitrogens with one attached hydrogen (secondary N) is 1. The molecule has 5 nitrogen and oxygen atoms in total. The van der Waals surface area contributed by atoms with Crippen LogP contribution in [-0.4, -0.2) is 32.6 Å². The summed E-state index contributed by atoms with van der Waals surface area (Å²) in [7, 11) is 2.77. The van der Waals surface area contributed by atoms with Gasteiger partial charge in [-0.1, -0.05) is 11.6 Å². The summed E-state index contributed by atoms with van der Waals surface area (Å²) in [6.07, 6.45) is 0.114. The van der Waals surface area contributed by atoms with Gasteiger partial charge in [-0.25, -0.2) is 0 Å². The molecule has 19 heavy (non-hydrogen) atoms. The number of carbonyl (C=O) groups excluding carboxylic acids is 2. The highest BCUT2D eigenvalue weighted by molar-refractivity contribution is 14.1. The van der Waals surface area contributed by atoms with Gasteiger partial charge >= 0.3 is 5.97 Å². The van der Waals surface area contributed by atoms with E-state index in [1.165, 1.54) is 20.3 Å². The molecule has 0 aliphatic carbocycles. The summed E-state index contributed by atoms with van der Waals surface area (Å²) in [5.74, 6) is -0.295. The Hall–Kier alpha value is -1.02. The number of amides is 1. The van der Waals surface area contributed by atoms with Crippen molar-refractivity contribution in [2.45, 2.75) is 6.42 Å². The highest BCUT2D eigenvalue weighted by Crippen LogP contribution is 2.28. The topological polar surface area (TPSA) is 64.6 Å². The number of rotatable bonds is 5. The summed E-state index contributed by atoms with van der Waals surface area (Å²) in [6, 6.07) is 3.22. The van der Waals surface area contributed by atoms with Crippen LogP contribution in [0.2, 0.25) is 5.02 Å². The second-order valence-corrected chi connectivity index (χ2v) is 5.12. The van der Waals surface area contributed by atoms with Crippen LogP contribution in [0, 0.1) is 3.57 Å². The van der Waals surface area contributed by atoms with E-state index in [2.05, 4.69) is 32.6 Å². The fraction of sp³-hybridized carbons (Fsp3) is 0.333. The molecule has 0 aliphatic rings.